The van der Waals surface area contributed by atoms with Crippen LogP contribution in [0.25, 0.3) is 11.3 Å². The van der Waals surface area contributed by atoms with E-state index < -0.39 is 0 Å². The Morgan fingerprint density at radius 1 is 1.11 bits per heavy atom. The lowest BCUT2D eigenvalue weighted by molar-refractivity contribution is 0.165. The summed E-state index contributed by atoms with van der Waals surface area (Å²) in [4.78, 5) is 27.8. The third-order valence-electron chi connectivity index (χ3n) is 5.16. The summed E-state index contributed by atoms with van der Waals surface area (Å²) >= 11 is 0. The molecule has 140 valence electrons. The number of rotatable bonds is 5. The summed E-state index contributed by atoms with van der Waals surface area (Å²) in [6.07, 6.45) is 11.2. The average Bonchev–Trinajstić information content (AvgIpc) is 3.10. The van der Waals surface area contributed by atoms with E-state index in [2.05, 4.69) is 26.0 Å². The topological polar surface area (TPSA) is 68.8 Å². The van der Waals surface area contributed by atoms with Crippen molar-refractivity contribution < 1.29 is 0 Å². The lowest BCUT2D eigenvalue weighted by atomic mass is 9.96. The van der Waals surface area contributed by atoms with Gasteiger partial charge in [0.25, 0.3) is 5.56 Å². The number of aromatic nitrogens is 5. The summed E-state index contributed by atoms with van der Waals surface area (Å²) in [7, 11) is 1.99. The molecule has 0 amide bonds. The average molecular weight is 364 g/mol. The molecule has 0 unspecified atom stereocenters. The monoisotopic (exact) mass is 364 g/mol. The smallest absolute Gasteiger partial charge is 0.253 e. The van der Waals surface area contributed by atoms with Crippen LogP contribution in [0.5, 0.6) is 0 Å². The quantitative estimate of drug-likeness (QED) is 0.692. The SMILES string of the molecule is Cn1cnc(CN2CCC(Cn3cnc(-c4ccncc4)cc3=O)CC2)c1. The second-order valence-corrected chi connectivity index (χ2v) is 7.25. The van der Waals surface area contributed by atoms with Gasteiger partial charge in [-0.1, -0.05) is 0 Å². The number of nitrogens with zero attached hydrogens (tertiary/aromatic N) is 6. The predicted molar refractivity (Wildman–Crippen MR) is 103 cm³/mol. The Morgan fingerprint density at radius 3 is 2.56 bits per heavy atom. The van der Waals surface area contributed by atoms with Crippen molar-refractivity contribution in [2.75, 3.05) is 13.1 Å². The highest BCUT2D eigenvalue weighted by Crippen LogP contribution is 2.20. The Hall–Kier alpha value is -2.80. The van der Waals surface area contributed by atoms with Crippen molar-refractivity contribution in [3.8, 4) is 11.3 Å². The summed E-state index contributed by atoms with van der Waals surface area (Å²) < 4.78 is 3.72. The van der Waals surface area contributed by atoms with Gasteiger partial charge in [0.2, 0.25) is 0 Å². The molecule has 0 N–H and O–H groups in total. The molecule has 0 aliphatic carbocycles. The molecular weight excluding hydrogens is 340 g/mol. The first-order valence-corrected chi connectivity index (χ1v) is 9.33. The number of aryl methyl sites for hydroxylation is 1. The van der Waals surface area contributed by atoms with E-state index in [0.29, 0.717) is 11.6 Å². The third kappa shape index (κ3) is 4.31. The first kappa shape index (κ1) is 17.6. The zero-order valence-electron chi connectivity index (χ0n) is 15.5. The van der Waals surface area contributed by atoms with E-state index in [9.17, 15) is 4.79 Å². The fourth-order valence-electron chi connectivity index (χ4n) is 3.63. The Labute approximate surface area is 158 Å². The minimum atomic E-state index is 0.00715. The first-order chi connectivity index (χ1) is 13.2. The molecule has 0 aromatic carbocycles. The van der Waals surface area contributed by atoms with Crippen molar-refractivity contribution in [1.29, 1.82) is 0 Å². The van der Waals surface area contributed by atoms with Crippen molar-refractivity contribution in [3.63, 3.8) is 0 Å². The molecule has 1 saturated heterocycles. The van der Waals surface area contributed by atoms with Gasteiger partial charge in [0.15, 0.2) is 0 Å². The Balaban J connectivity index is 1.34. The van der Waals surface area contributed by atoms with Crippen LogP contribution in [0.15, 0.2) is 54.2 Å². The van der Waals surface area contributed by atoms with Crippen LogP contribution in [0, 0.1) is 5.92 Å². The fraction of sp³-hybridized carbons (Fsp3) is 0.400. The van der Waals surface area contributed by atoms with Gasteiger partial charge < -0.3 is 4.57 Å². The lowest BCUT2D eigenvalue weighted by Gasteiger charge is -2.31. The van der Waals surface area contributed by atoms with Gasteiger partial charge >= 0.3 is 0 Å². The molecule has 0 radical (unpaired) electrons. The van der Waals surface area contributed by atoms with Gasteiger partial charge in [-0.3, -0.25) is 19.2 Å². The molecule has 27 heavy (non-hydrogen) atoms. The molecule has 1 aliphatic heterocycles. The van der Waals surface area contributed by atoms with Crippen LogP contribution in [0.2, 0.25) is 0 Å². The van der Waals surface area contributed by atoms with E-state index in [-0.39, 0.29) is 5.56 Å². The fourth-order valence-corrected chi connectivity index (χ4v) is 3.63. The minimum Gasteiger partial charge on any atom is -0.340 e. The summed E-state index contributed by atoms with van der Waals surface area (Å²) in [5.41, 5.74) is 2.73. The molecule has 0 spiro atoms. The molecule has 4 heterocycles. The van der Waals surface area contributed by atoms with E-state index >= 15 is 0 Å². The van der Waals surface area contributed by atoms with E-state index in [1.54, 1.807) is 29.4 Å². The summed E-state index contributed by atoms with van der Waals surface area (Å²) in [5.74, 6) is 0.510. The van der Waals surface area contributed by atoms with Gasteiger partial charge in [-0.25, -0.2) is 9.97 Å². The van der Waals surface area contributed by atoms with Crippen LogP contribution >= 0.6 is 0 Å². The van der Waals surface area contributed by atoms with Crippen LogP contribution in [0.4, 0.5) is 0 Å². The summed E-state index contributed by atoms with van der Waals surface area (Å²) in [5, 5.41) is 0. The van der Waals surface area contributed by atoms with Crippen LogP contribution < -0.4 is 5.56 Å². The van der Waals surface area contributed by atoms with Gasteiger partial charge in [0.05, 0.1) is 24.0 Å². The van der Waals surface area contributed by atoms with E-state index in [1.807, 2.05) is 30.1 Å². The lowest BCUT2D eigenvalue weighted by Crippen LogP contribution is -2.36. The number of pyridine rings is 1. The van der Waals surface area contributed by atoms with Gasteiger partial charge in [0.1, 0.15) is 0 Å². The Morgan fingerprint density at radius 2 is 1.89 bits per heavy atom. The van der Waals surface area contributed by atoms with E-state index in [4.69, 9.17) is 0 Å². The van der Waals surface area contributed by atoms with E-state index in [0.717, 1.165) is 50.3 Å². The molecule has 7 heteroatoms. The standard InChI is InChI=1S/C20H24N6O/c1-24-12-18(22-14-24)13-25-8-4-16(5-9-25)11-26-15-23-19(10-20(26)27)17-2-6-21-7-3-17/h2-3,6-7,10,12,14-16H,4-5,8-9,11,13H2,1H3. The van der Waals surface area contributed by atoms with Crippen molar-refractivity contribution >= 4 is 0 Å². The maximum atomic E-state index is 12.5. The maximum Gasteiger partial charge on any atom is 0.253 e. The Bertz CT molecular complexity index is 940. The zero-order valence-corrected chi connectivity index (χ0v) is 15.5. The second-order valence-electron chi connectivity index (χ2n) is 7.25. The molecule has 0 saturated carbocycles. The van der Waals surface area contributed by atoms with Gasteiger partial charge in [-0.15, -0.1) is 0 Å². The molecule has 3 aromatic rings. The minimum absolute atomic E-state index is 0.00715. The third-order valence-corrected chi connectivity index (χ3v) is 5.16. The molecule has 3 aromatic heterocycles. The van der Waals surface area contributed by atoms with Gasteiger partial charge in [0, 0.05) is 50.4 Å². The molecule has 7 nitrogen and oxygen atoms in total. The second kappa shape index (κ2) is 7.84. The van der Waals surface area contributed by atoms with Crippen LogP contribution in [0.3, 0.4) is 0 Å². The number of hydrogen-bond donors (Lipinski definition) is 0. The van der Waals surface area contributed by atoms with Crippen molar-refractivity contribution in [1.82, 2.24) is 29.0 Å². The first-order valence-electron chi connectivity index (χ1n) is 9.33. The van der Waals surface area contributed by atoms with Gasteiger partial charge in [-0.05, 0) is 44.0 Å². The highest BCUT2D eigenvalue weighted by Gasteiger charge is 2.20. The molecule has 1 aliphatic rings. The molecule has 4 rings (SSSR count). The summed E-state index contributed by atoms with van der Waals surface area (Å²) in [6.45, 7) is 3.71. The van der Waals surface area contributed by atoms with Crippen molar-refractivity contribution in [3.05, 3.63) is 65.5 Å². The van der Waals surface area contributed by atoms with E-state index in [1.165, 1.54) is 0 Å². The van der Waals surface area contributed by atoms with Crippen LogP contribution in [-0.2, 0) is 20.1 Å². The number of piperidine rings is 1. The van der Waals surface area contributed by atoms with Gasteiger partial charge in [-0.2, -0.15) is 0 Å². The predicted octanol–water partition coefficient (Wildman–Crippen LogP) is 1.95. The molecule has 0 atom stereocenters. The maximum absolute atomic E-state index is 12.5. The normalized spacial score (nSPS) is 15.9. The summed E-state index contributed by atoms with van der Waals surface area (Å²) in [6, 6.07) is 5.35. The van der Waals surface area contributed by atoms with Crippen LogP contribution in [0.1, 0.15) is 18.5 Å². The van der Waals surface area contributed by atoms with Crippen molar-refractivity contribution in [2.24, 2.45) is 13.0 Å². The molecule has 1 fully saturated rings. The van der Waals surface area contributed by atoms with Crippen LogP contribution in [-0.4, -0.2) is 42.1 Å². The highest BCUT2D eigenvalue weighted by atomic mass is 16.1. The Kier molecular flexibility index (Phi) is 5.11. The zero-order chi connectivity index (χ0) is 18.6. The largest absolute Gasteiger partial charge is 0.340 e. The highest BCUT2D eigenvalue weighted by molar-refractivity contribution is 5.57. The number of likely N-dealkylation sites (tertiary alicyclic amines) is 1. The molecule has 0 bridgehead atoms. The number of hydrogen-bond acceptors (Lipinski definition) is 5. The van der Waals surface area contributed by atoms with Crippen molar-refractivity contribution in [2.45, 2.75) is 25.9 Å². The molecular formula is C20H24N6O. The number of imidazole rings is 1.